The molecule has 0 fully saturated rings. The van der Waals surface area contributed by atoms with Crippen molar-refractivity contribution < 1.29 is 4.79 Å². The fourth-order valence-electron chi connectivity index (χ4n) is 3.76. The fourth-order valence-corrected chi connectivity index (χ4v) is 3.76. The lowest BCUT2D eigenvalue weighted by Gasteiger charge is -2.24. The Bertz CT molecular complexity index is 1250. The van der Waals surface area contributed by atoms with E-state index in [0.717, 1.165) is 34.3 Å². The zero-order valence-corrected chi connectivity index (χ0v) is 15.6. The number of aldehydes is 1. The summed E-state index contributed by atoms with van der Waals surface area (Å²) in [5.74, 6) is 0. The Kier molecular flexibility index (Phi) is 4.04. The van der Waals surface area contributed by atoms with Gasteiger partial charge in [-0.1, -0.05) is 24.3 Å². The number of anilines is 2. The number of rotatable bonds is 3. The van der Waals surface area contributed by atoms with Gasteiger partial charge in [0, 0.05) is 36.1 Å². The zero-order valence-electron chi connectivity index (χ0n) is 15.6. The Morgan fingerprint density at radius 2 is 1.59 bits per heavy atom. The lowest BCUT2D eigenvalue weighted by atomic mass is 10.0. The molecule has 0 saturated heterocycles. The first-order chi connectivity index (χ1) is 13.0. The lowest BCUT2D eigenvalue weighted by molar-refractivity contribution is 0.112. The van der Waals surface area contributed by atoms with Crippen LogP contribution in [0, 0.1) is 6.92 Å². The first-order valence-electron chi connectivity index (χ1n) is 8.83. The van der Waals surface area contributed by atoms with Gasteiger partial charge in [-0.2, -0.15) is 0 Å². The van der Waals surface area contributed by atoms with Crippen LogP contribution < -0.4 is 10.3 Å². The van der Waals surface area contributed by atoms with Crippen molar-refractivity contribution in [3.05, 3.63) is 82.0 Å². The molecule has 0 N–H and O–H groups in total. The second kappa shape index (κ2) is 6.40. The third-order valence-electron chi connectivity index (χ3n) is 5.22. The van der Waals surface area contributed by atoms with Gasteiger partial charge in [-0.25, -0.2) is 0 Å². The highest BCUT2D eigenvalue weighted by molar-refractivity contribution is 5.96. The van der Waals surface area contributed by atoms with Crippen molar-refractivity contribution in [1.29, 1.82) is 0 Å². The summed E-state index contributed by atoms with van der Waals surface area (Å²) < 4.78 is 2.06. The largest absolute Gasteiger partial charge is 0.344 e. The summed E-state index contributed by atoms with van der Waals surface area (Å²) >= 11 is 0. The normalized spacial score (nSPS) is 11.1. The smallest absolute Gasteiger partial charge is 0.197 e. The van der Waals surface area contributed by atoms with Crippen LogP contribution in [0.15, 0.2) is 65.5 Å². The molecule has 4 rings (SSSR count). The number of hydrogen-bond donors (Lipinski definition) is 0. The van der Waals surface area contributed by atoms with Crippen LogP contribution in [-0.2, 0) is 7.05 Å². The monoisotopic (exact) mass is 356 g/mol. The molecule has 0 aliphatic heterocycles. The molecular formula is C23H20N2O2. The van der Waals surface area contributed by atoms with Gasteiger partial charge in [0.1, 0.15) is 0 Å². The van der Waals surface area contributed by atoms with Gasteiger partial charge in [-0.3, -0.25) is 9.59 Å². The highest BCUT2D eigenvalue weighted by atomic mass is 16.1. The van der Waals surface area contributed by atoms with Crippen molar-refractivity contribution in [2.75, 3.05) is 11.9 Å². The summed E-state index contributed by atoms with van der Waals surface area (Å²) in [6.45, 7) is 2.02. The maximum atomic E-state index is 13.1. The van der Waals surface area contributed by atoms with Crippen molar-refractivity contribution >= 4 is 39.5 Å². The molecule has 27 heavy (non-hydrogen) atoms. The highest BCUT2D eigenvalue weighted by Gasteiger charge is 2.15. The van der Waals surface area contributed by atoms with Gasteiger partial charge >= 0.3 is 0 Å². The van der Waals surface area contributed by atoms with E-state index in [1.165, 1.54) is 0 Å². The average molecular weight is 356 g/mol. The van der Waals surface area contributed by atoms with E-state index in [0.29, 0.717) is 16.3 Å². The van der Waals surface area contributed by atoms with Gasteiger partial charge in [0.25, 0.3) is 0 Å². The van der Waals surface area contributed by atoms with Crippen LogP contribution in [0.4, 0.5) is 11.4 Å². The molecule has 1 aromatic heterocycles. The second-order valence-corrected chi connectivity index (χ2v) is 6.80. The second-order valence-electron chi connectivity index (χ2n) is 6.80. The standard InChI is InChI=1S/C23H20N2O2/c1-15-12-22-18(23(27)17-9-5-7-11-20(17)25(22)3)13-21(15)24(2)19-10-6-4-8-16(19)14-26/h4-14H,1-3H3. The third kappa shape index (κ3) is 2.61. The van der Waals surface area contributed by atoms with Gasteiger partial charge in [-0.05, 0) is 48.9 Å². The third-order valence-corrected chi connectivity index (χ3v) is 5.22. The summed E-state index contributed by atoms with van der Waals surface area (Å²) in [7, 11) is 3.90. The van der Waals surface area contributed by atoms with Crippen molar-refractivity contribution in [2.45, 2.75) is 6.92 Å². The van der Waals surface area contributed by atoms with Crippen molar-refractivity contribution in [1.82, 2.24) is 4.57 Å². The highest BCUT2D eigenvalue weighted by Crippen LogP contribution is 2.32. The van der Waals surface area contributed by atoms with Gasteiger partial charge in [0.15, 0.2) is 11.7 Å². The van der Waals surface area contributed by atoms with Gasteiger partial charge in [0.2, 0.25) is 0 Å². The molecule has 0 unspecified atom stereocenters. The molecule has 0 radical (unpaired) electrons. The van der Waals surface area contributed by atoms with Gasteiger partial charge in [-0.15, -0.1) is 0 Å². The van der Waals surface area contributed by atoms with Gasteiger partial charge < -0.3 is 9.47 Å². The van der Waals surface area contributed by atoms with Crippen LogP contribution in [0.3, 0.4) is 0 Å². The van der Waals surface area contributed by atoms with Crippen molar-refractivity contribution in [3.63, 3.8) is 0 Å². The number of pyridine rings is 1. The van der Waals surface area contributed by atoms with Crippen LogP contribution in [0.1, 0.15) is 15.9 Å². The molecule has 0 atom stereocenters. The quantitative estimate of drug-likeness (QED) is 0.399. The Labute approximate surface area is 157 Å². The van der Waals surface area contributed by atoms with Crippen LogP contribution >= 0.6 is 0 Å². The Hall–Kier alpha value is -3.40. The number of aromatic nitrogens is 1. The van der Waals surface area contributed by atoms with E-state index in [1.807, 2.05) is 80.5 Å². The van der Waals surface area contributed by atoms with Crippen molar-refractivity contribution in [3.8, 4) is 0 Å². The summed E-state index contributed by atoms with van der Waals surface area (Å²) in [5, 5.41) is 1.38. The summed E-state index contributed by atoms with van der Waals surface area (Å²) in [5.41, 5.74) is 5.22. The van der Waals surface area contributed by atoms with E-state index in [-0.39, 0.29) is 5.43 Å². The minimum absolute atomic E-state index is 0.0250. The number of carbonyl (C=O) groups excluding carboxylic acids is 1. The fraction of sp³-hybridized carbons (Fsp3) is 0.130. The molecule has 0 spiro atoms. The molecule has 4 heteroatoms. The van der Waals surface area contributed by atoms with Crippen LogP contribution in [0.5, 0.6) is 0 Å². The van der Waals surface area contributed by atoms with E-state index >= 15 is 0 Å². The number of benzene rings is 3. The number of nitrogens with zero attached hydrogens (tertiary/aromatic N) is 2. The van der Waals surface area contributed by atoms with Gasteiger partial charge in [0.05, 0.1) is 16.7 Å². The van der Waals surface area contributed by atoms with E-state index in [4.69, 9.17) is 0 Å². The molecule has 4 aromatic rings. The number of carbonyl (C=O) groups is 1. The lowest BCUT2D eigenvalue weighted by Crippen LogP contribution is -2.15. The number of aryl methyl sites for hydroxylation is 2. The SMILES string of the molecule is Cc1cc2c(cc1N(C)c1ccccc1C=O)c(=O)c1ccccc1n2C. The molecule has 3 aromatic carbocycles. The Balaban J connectivity index is 2.02. The first-order valence-corrected chi connectivity index (χ1v) is 8.83. The zero-order chi connectivity index (χ0) is 19.1. The molecule has 0 aliphatic carbocycles. The summed E-state index contributed by atoms with van der Waals surface area (Å²) in [6, 6.07) is 19.1. The number of para-hydroxylation sites is 2. The van der Waals surface area contributed by atoms with E-state index < -0.39 is 0 Å². The molecule has 0 amide bonds. The molecule has 0 saturated carbocycles. The minimum atomic E-state index is 0.0250. The molecule has 134 valence electrons. The van der Waals surface area contributed by atoms with Crippen LogP contribution in [-0.4, -0.2) is 17.9 Å². The topological polar surface area (TPSA) is 42.3 Å². The molecule has 4 nitrogen and oxygen atoms in total. The molecule has 0 aliphatic rings. The van der Waals surface area contributed by atoms with E-state index in [1.54, 1.807) is 6.07 Å². The number of hydrogen-bond acceptors (Lipinski definition) is 3. The maximum Gasteiger partial charge on any atom is 0.197 e. The van der Waals surface area contributed by atoms with Crippen LogP contribution in [0.2, 0.25) is 0 Å². The van der Waals surface area contributed by atoms with Crippen molar-refractivity contribution in [2.24, 2.45) is 7.05 Å². The number of fused-ring (bicyclic) bond motifs is 2. The summed E-state index contributed by atoms with van der Waals surface area (Å²) in [4.78, 5) is 26.5. The molecule has 0 bridgehead atoms. The maximum absolute atomic E-state index is 13.1. The van der Waals surface area contributed by atoms with E-state index in [9.17, 15) is 9.59 Å². The van der Waals surface area contributed by atoms with E-state index in [2.05, 4.69) is 4.57 Å². The Morgan fingerprint density at radius 1 is 0.889 bits per heavy atom. The first kappa shape index (κ1) is 17.0. The minimum Gasteiger partial charge on any atom is -0.344 e. The predicted octanol–water partition coefficient (Wildman–Crippen LogP) is 4.58. The Morgan fingerprint density at radius 3 is 2.37 bits per heavy atom. The predicted molar refractivity (Wildman–Crippen MR) is 111 cm³/mol. The molecule has 1 heterocycles. The average Bonchev–Trinajstić information content (AvgIpc) is 2.71. The molecular weight excluding hydrogens is 336 g/mol. The summed E-state index contributed by atoms with van der Waals surface area (Å²) in [6.07, 6.45) is 0.856. The van der Waals surface area contributed by atoms with Crippen LogP contribution in [0.25, 0.3) is 21.8 Å².